The Morgan fingerprint density at radius 2 is 1.89 bits per heavy atom. The van der Waals surface area contributed by atoms with Gasteiger partial charge in [0.2, 0.25) is 0 Å². The third kappa shape index (κ3) is 2.26. The third-order valence-corrected chi connectivity index (χ3v) is 4.76. The first-order chi connectivity index (χ1) is 8.56. The van der Waals surface area contributed by atoms with E-state index in [0.29, 0.717) is 0 Å². The zero-order chi connectivity index (χ0) is 13.2. The average molecular weight is 267 g/mol. The summed E-state index contributed by atoms with van der Waals surface area (Å²) in [5.41, 5.74) is -0.0243. The van der Waals surface area contributed by atoms with Crippen molar-refractivity contribution in [1.82, 2.24) is 0 Å². The number of benzene rings is 1. The van der Waals surface area contributed by atoms with Crippen LogP contribution in [-0.4, -0.2) is 16.5 Å². The van der Waals surface area contributed by atoms with Gasteiger partial charge in [0.1, 0.15) is 0 Å². The molecule has 1 aromatic carbocycles. The number of halogens is 1. The molecule has 0 bridgehead atoms. The Balaban J connectivity index is 2.41. The molecular formula is C15H19ClO2. The Bertz CT molecular complexity index is 418. The first-order valence-electron chi connectivity index (χ1n) is 6.50. The number of carbonyl (C=O) groups is 1. The van der Waals surface area contributed by atoms with Crippen LogP contribution in [0.15, 0.2) is 30.3 Å². The van der Waals surface area contributed by atoms with E-state index in [1.807, 2.05) is 37.3 Å². The highest BCUT2D eigenvalue weighted by Gasteiger charge is 2.46. The van der Waals surface area contributed by atoms with Crippen molar-refractivity contribution in [3.05, 3.63) is 35.9 Å². The second kappa shape index (κ2) is 5.31. The Kier molecular flexibility index (Phi) is 3.96. The molecule has 0 heterocycles. The molecule has 3 unspecified atom stereocenters. The SMILES string of the molecule is CC(C(=O)O)(c1ccccc1)C1CCCCC1Cl. The van der Waals surface area contributed by atoms with Crippen LogP contribution in [0.5, 0.6) is 0 Å². The second-order valence-electron chi connectivity index (χ2n) is 5.28. The van der Waals surface area contributed by atoms with E-state index in [2.05, 4.69) is 0 Å². The van der Waals surface area contributed by atoms with Crippen LogP contribution >= 0.6 is 11.6 Å². The molecule has 2 rings (SSSR count). The lowest BCUT2D eigenvalue weighted by Crippen LogP contribution is -2.45. The van der Waals surface area contributed by atoms with Gasteiger partial charge in [-0.3, -0.25) is 4.79 Å². The minimum absolute atomic E-state index is 0.00724. The summed E-state index contributed by atoms with van der Waals surface area (Å²) in [6, 6.07) is 9.48. The van der Waals surface area contributed by atoms with E-state index in [4.69, 9.17) is 11.6 Å². The van der Waals surface area contributed by atoms with Crippen molar-refractivity contribution in [1.29, 1.82) is 0 Å². The monoisotopic (exact) mass is 266 g/mol. The summed E-state index contributed by atoms with van der Waals surface area (Å²) >= 11 is 6.40. The van der Waals surface area contributed by atoms with E-state index in [1.54, 1.807) is 0 Å². The summed E-state index contributed by atoms with van der Waals surface area (Å²) in [7, 11) is 0. The van der Waals surface area contributed by atoms with Crippen LogP contribution in [0.1, 0.15) is 38.2 Å². The Morgan fingerprint density at radius 3 is 2.44 bits per heavy atom. The molecule has 1 aromatic rings. The Morgan fingerprint density at radius 1 is 1.28 bits per heavy atom. The van der Waals surface area contributed by atoms with Gasteiger partial charge >= 0.3 is 5.97 Å². The normalized spacial score (nSPS) is 27.4. The van der Waals surface area contributed by atoms with Crippen molar-refractivity contribution in [2.24, 2.45) is 5.92 Å². The molecule has 1 aliphatic carbocycles. The largest absolute Gasteiger partial charge is 0.481 e. The number of carboxylic acids is 1. The lowest BCUT2D eigenvalue weighted by atomic mass is 9.66. The molecule has 1 aliphatic rings. The molecule has 0 spiro atoms. The summed E-state index contributed by atoms with van der Waals surface area (Å²) in [6.45, 7) is 1.82. The van der Waals surface area contributed by atoms with E-state index >= 15 is 0 Å². The Labute approximate surface area is 113 Å². The topological polar surface area (TPSA) is 37.3 Å². The van der Waals surface area contributed by atoms with E-state index in [0.717, 1.165) is 31.2 Å². The van der Waals surface area contributed by atoms with Gasteiger partial charge in [0.05, 0.1) is 5.41 Å². The molecule has 0 aliphatic heterocycles. The van der Waals surface area contributed by atoms with Gasteiger partial charge in [0.25, 0.3) is 0 Å². The minimum atomic E-state index is -0.881. The van der Waals surface area contributed by atoms with Crippen molar-refractivity contribution in [2.45, 2.75) is 43.4 Å². The van der Waals surface area contributed by atoms with Gasteiger partial charge < -0.3 is 5.11 Å². The van der Waals surface area contributed by atoms with Gasteiger partial charge in [-0.05, 0) is 31.2 Å². The molecule has 98 valence electrons. The van der Waals surface area contributed by atoms with Crippen LogP contribution in [0, 0.1) is 5.92 Å². The van der Waals surface area contributed by atoms with Crippen LogP contribution in [-0.2, 0) is 10.2 Å². The molecular weight excluding hydrogens is 248 g/mol. The zero-order valence-corrected chi connectivity index (χ0v) is 11.4. The van der Waals surface area contributed by atoms with Gasteiger partial charge in [0, 0.05) is 5.38 Å². The highest BCUT2D eigenvalue weighted by molar-refractivity contribution is 6.21. The number of hydrogen-bond acceptors (Lipinski definition) is 1. The fourth-order valence-corrected chi connectivity index (χ4v) is 3.55. The van der Waals surface area contributed by atoms with Crippen molar-refractivity contribution >= 4 is 17.6 Å². The van der Waals surface area contributed by atoms with E-state index in [-0.39, 0.29) is 11.3 Å². The van der Waals surface area contributed by atoms with Crippen LogP contribution < -0.4 is 0 Å². The fraction of sp³-hybridized carbons (Fsp3) is 0.533. The summed E-state index contributed by atoms with van der Waals surface area (Å²) in [4.78, 5) is 11.8. The molecule has 18 heavy (non-hydrogen) atoms. The Hall–Kier alpha value is -1.02. The minimum Gasteiger partial charge on any atom is -0.481 e. The summed E-state index contributed by atoms with van der Waals surface area (Å²) < 4.78 is 0. The number of rotatable bonds is 3. The molecule has 1 saturated carbocycles. The first kappa shape index (κ1) is 13.4. The van der Waals surface area contributed by atoms with Crippen molar-refractivity contribution in [2.75, 3.05) is 0 Å². The molecule has 1 fully saturated rings. The molecule has 0 amide bonds. The molecule has 2 nitrogen and oxygen atoms in total. The maximum absolute atomic E-state index is 11.8. The maximum Gasteiger partial charge on any atom is 0.314 e. The maximum atomic E-state index is 11.8. The molecule has 1 N–H and O–H groups in total. The fourth-order valence-electron chi connectivity index (χ4n) is 3.02. The van der Waals surface area contributed by atoms with Crippen LogP contribution in [0.25, 0.3) is 0 Å². The first-order valence-corrected chi connectivity index (χ1v) is 6.93. The predicted molar refractivity (Wildman–Crippen MR) is 73.0 cm³/mol. The van der Waals surface area contributed by atoms with Gasteiger partial charge in [-0.2, -0.15) is 0 Å². The molecule has 0 radical (unpaired) electrons. The standard InChI is InChI=1S/C15H19ClO2/c1-15(14(17)18,11-7-3-2-4-8-11)12-9-5-6-10-13(12)16/h2-4,7-8,12-13H,5-6,9-10H2,1H3,(H,17,18). The van der Waals surface area contributed by atoms with Crippen LogP contribution in [0.3, 0.4) is 0 Å². The van der Waals surface area contributed by atoms with Gasteiger partial charge in [-0.1, -0.05) is 43.2 Å². The number of alkyl halides is 1. The highest BCUT2D eigenvalue weighted by atomic mass is 35.5. The van der Waals surface area contributed by atoms with Crippen molar-refractivity contribution in [3.8, 4) is 0 Å². The average Bonchev–Trinajstić information content (AvgIpc) is 2.39. The number of hydrogen-bond donors (Lipinski definition) is 1. The van der Waals surface area contributed by atoms with E-state index < -0.39 is 11.4 Å². The van der Waals surface area contributed by atoms with Gasteiger partial charge in [-0.25, -0.2) is 0 Å². The summed E-state index contributed by atoms with van der Waals surface area (Å²) in [6.07, 6.45) is 3.99. The summed E-state index contributed by atoms with van der Waals surface area (Å²) in [5.74, 6) is -0.765. The van der Waals surface area contributed by atoms with E-state index in [9.17, 15) is 9.90 Å². The van der Waals surface area contributed by atoms with Crippen LogP contribution in [0.2, 0.25) is 0 Å². The quantitative estimate of drug-likeness (QED) is 0.845. The predicted octanol–water partition coefficient (Wildman–Crippen LogP) is 3.83. The van der Waals surface area contributed by atoms with Crippen molar-refractivity contribution in [3.63, 3.8) is 0 Å². The third-order valence-electron chi connectivity index (χ3n) is 4.24. The van der Waals surface area contributed by atoms with Crippen LogP contribution in [0.4, 0.5) is 0 Å². The number of carboxylic acid groups (broad SMARTS) is 1. The number of aliphatic carboxylic acids is 1. The van der Waals surface area contributed by atoms with Gasteiger partial charge in [-0.15, -0.1) is 11.6 Å². The summed E-state index contributed by atoms with van der Waals surface area (Å²) in [5, 5.41) is 9.66. The molecule has 3 heteroatoms. The zero-order valence-electron chi connectivity index (χ0n) is 10.6. The van der Waals surface area contributed by atoms with Crippen molar-refractivity contribution < 1.29 is 9.90 Å². The van der Waals surface area contributed by atoms with E-state index in [1.165, 1.54) is 0 Å². The lowest BCUT2D eigenvalue weighted by molar-refractivity contribution is -0.146. The molecule has 0 aromatic heterocycles. The molecule has 3 atom stereocenters. The molecule has 0 saturated heterocycles. The highest BCUT2D eigenvalue weighted by Crippen LogP contribution is 2.43. The van der Waals surface area contributed by atoms with Gasteiger partial charge in [0.15, 0.2) is 0 Å². The second-order valence-corrected chi connectivity index (χ2v) is 5.84. The lowest BCUT2D eigenvalue weighted by Gasteiger charge is -2.39. The smallest absolute Gasteiger partial charge is 0.314 e.